The van der Waals surface area contributed by atoms with Crippen molar-refractivity contribution >= 4 is 22.7 Å². The van der Waals surface area contributed by atoms with E-state index in [4.69, 9.17) is 17.3 Å². The quantitative estimate of drug-likeness (QED) is 0.923. The molecule has 0 aliphatic rings. The highest BCUT2D eigenvalue weighted by atomic mass is 35.5. The zero-order chi connectivity index (χ0) is 14.7. The predicted octanol–water partition coefficient (Wildman–Crippen LogP) is 4.02. The summed E-state index contributed by atoms with van der Waals surface area (Å²) >= 11 is 6.04. The van der Waals surface area contributed by atoms with Crippen molar-refractivity contribution in [2.24, 2.45) is 5.73 Å². The first-order chi connectivity index (χ1) is 9.54. The van der Waals surface area contributed by atoms with Crippen LogP contribution in [0.15, 0.2) is 43.6 Å². The molecule has 0 aliphatic carbocycles. The summed E-state index contributed by atoms with van der Waals surface area (Å²) in [6.45, 7) is 9.41. The summed E-state index contributed by atoms with van der Waals surface area (Å²) in [5.41, 5.74) is 9.88. The maximum absolute atomic E-state index is 6.04. The number of aromatic nitrogens is 2. The number of halogens is 1. The fraction of sp³-hybridized carbons (Fsp3) is 0.125. The van der Waals surface area contributed by atoms with Crippen LogP contribution in [-0.2, 0) is 0 Å². The van der Waals surface area contributed by atoms with Crippen molar-refractivity contribution in [3.05, 3.63) is 60.6 Å². The zero-order valence-corrected chi connectivity index (χ0v) is 12.1. The van der Waals surface area contributed by atoms with E-state index in [9.17, 15) is 0 Å². The molecule has 2 rings (SSSR count). The monoisotopic (exact) mass is 285 g/mol. The lowest BCUT2D eigenvalue weighted by molar-refractivity contribution is 0.781. The molecular formula is C16H16ClN3. The first-order valence-corrected chi connectivity index (χ1v) is 6.61. The van der Waals surface area contributed by atoms with Crippen molar-refractivity contribution < 1.29 is 0 Å². The van der Waals surface area contributed by atoms with E-state index in [1.165, 1.54) is 0 Å². The first kappa shape index (κ1) is 14.4. The van der Waals surface area contributed by atoms with E-state index in [1.807, 2.05) is 31.2 Å². The second-order valence-corrected chi connectivity index (χ2v) is 4.92. The molecule has 1 unspecified atom stereocenters. The Bertz CT molecular complexity index is 648. The van der Waals surface area contributed by atoms with Crippen LogP contribution in [0.4, 0.5) is 0 Å². The Hall–Kier alpha value is -1.97. The Morgan fingerprint density at radius 3 is 2.70 bits per heavy atom. The topological polar surface area (TPSA) is 51.8 Å². The smallest absolute Gasteiger partial charge is 0.0721 e. The van der Waals surface area contributed by atoms with Gasteiger partial charge in [-0.15, -0.1) is 0 Å². The van der Waals surface area contributed by atoms with Gasteiger partial charge in [0.1, 0.15) is 0 Å². The van der Waals surface area contributed by atoms with Gasteiger partial charge in [-0.3, -0.25) is 9.97 Å². The molecule has 0 spiro atoms. The molecule has 2 heterocycles. The molecule has 3 nitrogen and oxygen atoms in total. The van der Waals surface area contributed by atoms with E-state index in [0.29, 0.717) is 10.7 Å². The lowest BCUT2D eigenvalue weighted by Crippen LogP contribution is -2.11. The largest absolute Gasteiger partial charge is 0.323 e. The number of hydrogen-bond acceptors (Lipinski definition) is 3. The molecule has 2 N–H and O–H groups in total. The van der Waals surface area contributed by atoms with Crippen LogP contribution >= 0.6 is 11.6 Å². The van der Waals surface area contributed by atoms with Gasteiger partial charge in [-0.1, -0.05) is 30.8 Å². The molecule has 20 heavy (non-hydrogen) atoms. The highest BCUT2D eigenvalue weighted by molar-refractivity contribution is 6.48. The fourth-order valence-electron chi connectivity index (χ4n) is 1.99. The van der Waals surface area contributed by atoms with Crippen molar-refractivity contribution in [2.45, 2.75) is 13.0 Å². The molecule has 1 atom stereocenters. The molecule has 0 bridgehead atoms. The van der Waals surface area contributed by atoms with Gasteiger partial charge >= 0.3 is 0 Å². The molecule has 0 amide bonds. The summed E-state index contributed by atoms with van der Waals surface area (Å²) in [4.78, 5) is 8.91. The Kier molecular flexibility index (Phi) is 4.32. The second-order valence-electron chi connectivity index (χ2n) is 4.47. The molecule has 4 heteroatoms. The van der Waals surface area contributed by atoms with Gasteiger partial charge in [-0.25, -0.2) is 0 Å². The molecule has 0 aliphatic heterocycles. The molecule has 2 aromatic heterocycles. The molecule has 0 radical (unpaired) electrons. The Labute approximate surface area is 123 Å². The van der Waals surface area contributed by atoms with Crippen LogP contribution in [0.3, 0.4) is 0 Å². The van der Waals surface area contributed by atoms with Crippen LogP contribution in [-0.4, -0.2) is 9.97 Å². The van der Waals surface area contributed by atoms with Gasteiger partial charge in [0.15, 0.2) is 0 Å². The van der Waals surface area contributed by atoms with E-state index >= 15 is 0 Å². The highest BCUT2D eigenvalue weighted by Gasteiger charge is 2.16. The van der Waals surface area contributed by atoms with Gasteiger partial charge in [0.05, 0.1) is 17.1 Å². The van der Waals surface area contributed by atoms with E-state index in [-0.39, 0.29) is 6.04 Å². The van der Waals surface area contributed by atoms with Crippen molar-refractivity contribution in [3.8, 4) is 11.3 Å². The van der Waals surface area contributed by atoms with E-state index in [0.717, 1.165) is 22.5 Å². The Balaban J connectivity index is 2.74. The van der Waals surface area contributed by atoms with Crippen LogP contribution in [0, 0.1) is 0 Å². The van der Waals surface area contributed by atoms with Crippen molar-refractivity contribution in [3.63, 3.8) is 0 Å². The standard InChI is InChI=1S/C16H16ClN3/c1-4-14-12(10(2)17)9-13(16(20-14)11(3)18)15-7-5-6-8-19-15/h4-9,11H,1-2,18H2,3H3. The first-order valence-electron chi connectivity index (χ1n) is 6.23. The average molecular weight is 286 g/mol. The minimum Gasteiger partial charge on any atom is -0.323 e. The van der Waals surface area contributed by atoms with E-state index in [2.05, 4.69) is 23.1 Å². The number of rotatable bonds is 4. The molecule has 0 fully saturated rings. The van der Waals surface area contributed by atoms with Crippen molar-refractivity contribution in [1.29, 1.82) is 0 Å². The normalized spacial score (nSPS) is 11.9. The summed E-state index contributed by atoms with van der Waals surface area (Å²) in [6.07, 6.45) is 3.38. The third-order valence-electron chi connectivity index (χ3n) is 2.94. The van der Waals surface area contributed by atoms with Gasteiger partial charge in [0, 0.05) is 28.4 Å². The molecular weight excluding hydrogens is 270 g/mol. The molecule has 0 aromatic carbocycles. The van der Waals surface area contributed by atoms with Gasteiger partial charge in [0.25, 0.3) is 0 Å². The SMILES string of the molecule is C=Cc1nc(C(C)N)c(-c2ccccn2)cc1C(=C)Cl. The van der Waals surface area contributed by atoms with Gasteiger partial charge in [-0.05, 0) is 31.2 Å². The molecule has 0 saturated heterocycles. The summed E-state index contributed by atoms with van der Waals surface area (Å²) in [6, 6.07) is 7.40. The number of pyridine rings is 2. The minimum absolute atomic E-state index is 0.219. The summed E-state index contributed by atoms with van der Waals surface area (Å²) < 4.78 is 0. The average Bonchev–Trinajstić information content (AvgIpc) is 2.46. The van der Waals surface area contributed by atoms with Crippen LogP contribution in [0.25, 0.3) is 22.4 Å². The van der Waals surface area contributed by atoms with E-state index in [1.54, 1.807) is 12.3 Å². The number of hydrogen-bond donors (Lipinski definition) is 1. The maximum atomic E-state index is 6.04. The third kappa shape index (κ3) is 2.79. The number of nitrogens with two attached hydrogens (primary N) is 1. The predicted molar refractivity (Wildman–Crippen MR) is 85.0 cm³/mol. The Morgan fingerprint density at radius 2 is 2.20 bits per heavy atom. The maximum Gasteiger partial charge on any atom is 0.0721 e. The fourth-order valence-corrected chi connectivity index (χ4v) is 2.14. The summed E-state index contributed by atoms with van der Waals surface area (Å²) in [5.74, 6) is 0. The zero-order valence-electron chi connectivity index (χ0n) is 11.3. The second kappa shape index (κ2) is 5.99. The Morgan fingerprint density at radius 1 is 1.45 bits per heavy atom. The van der Waals surface area contributed by atoms with Gasteiger partial charge < -0.3 is 5.73 Å². The lowest BCUT2D eigenvalue weighted by Gasteiger charge is -2.15. The number of nitrogens with zero attached hydrogens (tertiary/aromatic N) is 2. The highest BCUT2D eigenvalue weighted by Crippen LogP contribution is 2.31. The van der Waals surface area contributed by atoms with Crippen molar-refractivity contribution in [1.82, 2.24) is 9.97 Å². The minimum atomic E-state index is -0.219. The van der Waals surface area contributed by atoms with Gasteiger partial charge in [0.2, 0.25) is 0 Å². The van der Waals surface area contributed by atoms with Crippen LogP contribution in [0.5, 0.6) is 0 Å². The molecule has 102 valence electrons. The molecule has 2 aromatic rings. The summed E-state index contributed by atoms with van der Waals surface area (Å²) in [7, 11) is 0. The van der Waals surface area contributed by atoms with E-state index < -0.39 is 0 Å². The van der Waals surface area contributed by atoms with Crippen LogP contribution in [0.2, 0.25) is 0 Å². The van der Waals surface area contributed by atoms with Crippen molar-refractivity contribution in [2.75, 3.05) is 0 Å². The molecule has 0 saturated carbocycles. The summed E-state index contributed by atoms with van der Waals surface area (Å²) in [5, 5.41) is 0.417. The van der Waals surface area contributed by atoms with Crippen LogP contribution in [0.1, 0.15) is 29.9 Å². The third-order valence-corrected chi connectivity index (χ3v) is 3.14. The lowest BCUT2D eigenvalue weighted by atomic mass is 10.0. The van der Waals surface area contributed by atoms with Gasteiger partial charge in [-0.2, -0.15) is 0 Å². The van der Waals surface area contributed by atoms with Crippen LogP contribution < -0.4 is 5.73 Å².